The largest absolute Gasteiger partial charge is 0.419 e. The van der Waals surface area contributed by atoms with E-state index in [0.29, 0.717) is 5.65 Å². The lowest BCUT2D eigenvalue weighted by Gasteiger charge is -2.25. The number of hydrogen-bond donors (Lipinski definition) is 1. The van der Waals surface area contributed by atoms with Crippen molar-refractivity contribution in [1.82, 2.24) is 19.1 Å². The number of halogens is 3. The number of aryl methyl sites for hydroxylation is 1. The van der Waals surface area contributed by atoms with Crippen molar-refractivity contribution in [3.05, 3.63) is 34.9 Å². The maximum absolute atomic E-state index is 12.8. The Labute approximate surface area is 133 Å². The van der Waals surface area contributed by atoms with E-state index < -0.39 is 36.3 Å². The van der Waals surface area contributed by atoms with E-state index in [-0.39, 0.29) is 19.5 Å². The molecule has 0 spiro atoms. The first-order valence-corrected chi connectivity index (χ1v) is 7.32. The summed E-state index contributed by atoms with van der Waals surface area (Å²) in [5.74, 6) is -0.556. The Morgan fingerprint density at radius 1 is 1.38 bits per heavy atom. The van der Waals surface area contributed by atoms with Crippen molar-refractivity contribution in [1.29, 1.82) is 0 Å². The molecule has 2 aromatic heterocycles. The third-order valence-corrected chi connectivity index (χ3v) is 4.15. The molecule has 7 nitrogen and oxygen atoms in total. The molecule has 24 heavy (non-hydrogen) atoms. The van der Waals surface area contributed by atoms with E-state index in [1.807, 2.05) is 0 Å². The molecule has 1 saturated heterocycles. The summed E-state index contributed by atoms with van der Waals surface area (Å²) in [6.07, 6.45) is -3.96. The standard InChI is InChI=1S/C14H15F3N4O3/c15-14(16,17)13(24)5-8-19(9-13)11(22)4-7-21-12(23)20-6-2-1-3-10(20)18-21/h1-3,6,24H,4-5,7-9H2/t13-/m1/s1. The van der Waals surface area contributed by atoms with Gasteiger partial charge in [-0.1, -0.05) is 6.07 Å². The highest BCUT2D eigenvalue weighted by molar-refractivity contribution is 5.76. The molecule has 10 heteroatoms. The second-order valence-corrected chi connectivity index (χ2v) is 5.78. The number of aliphatic hydroxyl groups is 1. The fourth-order valence-corrected chi connectivity index (χ4v) is 2.71. The van der Waals surface area contributed by atoms with E-state index in [9.17, 15) is 27.9 Å². The lowest BCUT2D eigenvalue weighted by molar-refractivity contribution is -0.253. The minimum atomic E-state index is -4.78. The van der Waals surface area contributed by atoms with Crippen molar-refractivity contribution in [2.24, 2.45) is 0 Å². The Morgan fingerprint density at radius 3 is 2.75 bits per heavy atom. The van der Waals surface area contributed by atoms with Crippen LogP contribution in [0.15, 0.2) is 29.2 Å². The van der Waals surface area contributed by atoms with Gasteiger partial charge in [0, 0.05) is 25.6 Å². The van der Waals surface area contributed by atoms with Crippen LogP contribution in [0.1, 0.15) is 12.8 Å². The van der Waals surface area contributed by atoms with Crippen molar-refractivity contribution in [2.45, 2.75) is 31.2 Å². The van der Waals surface area contributed by atoms with Gasteiger partial charge in [0.05, 0.1) is 13.1 Å². The van der Waals surface area contributed by atoms with Crippen LogP contribution >= 0.6 is 0 Å². The van der Waals surface area contributed by atoms with Gasteiger partial charge in [-0.3, -0.25) is 9.20 Å². The quantitative estimate of drug-likeness (QED) is 0.875. The molecular weight excluding hydrogens is 329 g/mol. The smallest absolute Gasteiger partial charge is 0.379 e. The summed E-state index contributed by atoms with van der Waals surface area (Å²) in [4.78, 5) is 25.1. The number of rotatable bonds is 3. The van der Waals surface area contributed by atoms with Crippen molar-refractivity contribution in [3.8, 4) is 0 Å². The minimum Gasteiger partial charge on any atom is -0.379 e. The molecule has 1 aliphatic heterocycles. The van der Waals surface area contributed by atoms with Crippen molar-refractivity contribution < 1.29 is 23.1 Å². The van der Waals surface area contributed by atoms with Gasteiger partial charge in [-0.2, -0.15) is 13.2 Å². The summed E-state index contributed by atoms with van der Waals surface area (Å²) in [5.41, 5.74) is -2.86. The molecule has 3 heterocycles. The zero-order valence-corrected chi connectivity index (χ0v) is 12.5. The number of aromatic nitrogens is 3. The molecule has 0 saturated carbocycles. The fraction of sp³-hybridized carbons (Fsp3) is 0.500. The Hall–Kier alpha value is -2.36. The van der Waals surface area contributed by atoms with Gasteiger partial charge in [-0.25, -0.2) is 9.48 Å². The van der Waals surface area contributed by atoms with Gasteiger partial charge in [0.2, 0.25) is 5.91 Å². The van der Waals surface area contributed by atoms with E-state index >= 15 is 0 Å². The van der Waals surface area contributed by atoms with Gasteiger partial charge in [0.15, 0.2) is 11.2 Å². The number of nitrogens with zero attached hydrogens (tertiary/aromatic N) is 4. The number of β-amino-alcohol motifs (C(OH)–C–C–N with tert-alkyl or cyclic N) is 1. The Balaban J connectivity index is 1.66. The van der Waals surface area contributed by atoms with Gasteiger partial charge >= 0.3 is 11.9 Å². The van der Waals surface area contributed by atoms with E-state index in [1.165, 1.54) is 10.6 Å². The highest BCUT2D eigenvalue weighted by Crippen LogP contribution is 2.37. The van der Waals surface area contributed by atoms with Gasteiger partial charge < -0.3 is 10.0 Å². The van der Waals surface area contributed by atoms with Crippen LogP contribution in [0.4, 0.5) is 13.2 Å². The molecule has 1 amide bonds. The molecule has 130 valence electrons. The van der Waals surface area contributed by atoms with Crippen LogP contribution in [0.5, 0.6) is 0 Å². The number of alkyl halides is 3. The first-order valence-electron chi connectivity index (χ1n) is 7.32. The van der Waals surface area contributed by atoms with E-state index in [0.717, 1.165) is 9.58 Å². The highest BCUT2D eigenvalue weighted by Gasteiger charge is 2.57. The number of carbonyl (C=O) groups is 1. The summed E-state index contributed by atoms with van der Waals surface area (Å²) in [7, 11) is 0. The summed E-state index contributed by atoms with van der Waals surface area (Å²) < 4.78 is 40.7. The van der Waals surface area contributed by atoms with Crippen LogP contribution in [-0.4, -0.2) is 55.0 Å². The molecule has 1 aliphatic rings. The zero-order valence-electron chi connectivity index (χ0n) is 12.5. The van der Waals surface area contributed by atoms with Crippen LogP contribution in [0.2, 0.25) is 0 Å². The highest BCUT2D eigenvalue weighted by atomic mass is 19.4. The molecule has 0 unspecified atom stereocenters. The molecule has 0 bridgehead atoms. The lowest BCUT2D eigenvalue weighted by atomic mass is 10.0. The van der Waals surface area contributed by atoms with Crippen LogP contribution in [0.25, 0.3) is 5.65 Å². The molecule has 3 rings (SSSR count). The second-order valence-electron chi connectivity index (χ2n) is 5.78. The van der Waals surface area contributed by atoms with Crippen molar-refractivity contribution >= 4 is 11.6 Å². The SMILES string of the molecule is O=C(CCn1nc2ccccn2c1=O)N1CC[C@](O)(C(F)(F)F)C1. The first kappa shape index (κ1) is 16.5. The van der Waals surface area contributed by atoms with E-state index in [2.05, 4.69) is 5.10 Å². The average Bonchev–Trinajstić information content (AvgIpc) is 3.07. The monoisotopic (exact) mass is 344 g/mol. The maximum Gasteiger partial charge on any atom is 0.419 e. The molecule has 2 aromatic rings. The molecule has 1 fully saturated rings. The molecule has 0 aliphatic carbocycles. The van der Waals surface area contributed by atoms with Crippen LogP contribution < -0.4 is 5.69 Å². The van der Waals surface area contributed by atoms with E-state index in [1.54, 1.807) is 18.2 Å². The zero-order chi connectivity index (χ0) is 17.5. The van der Waals surface area contributed by atoms with Crippen LogP contribution in [-0.2, 0) is 11.3 Å². The average molecular weight is 344 g/mol. The van der Waals surface area contributed by atoms with Gasteiger partial charge in [0.1, 0.15) is 0 Å². The number of fused-ring (bicyclic) bond motifs is 1. The Kier molecular flexibility index (Phi) is 3.86. The summed E-state index contributed by atoms with van der Waals surface area (Å²) in [6.45, 7) is -0.995. The number of amides is 1. The Morgan fingerprint density at radius 2 is 2.12 bits per heavy atom. The fourth-order valence-electron chi connectivity index (χ4n) is 2.71. The molecular formula is C14H15F3N4O3. The van der Waals surface area contributed by atoms with E-state index in [4.69, 9.17) is 0 Å². The molecule has 0 aromatic carbocycles. The number of carbonyl (C=O) groups excluding carboxylic acids is 1. The molecule has 0 radical (unpaired) electrons. The Bertz CT molecular complexity index is 829. The van der Waals surface area contributed by atoms with Crippen LogP contribution in [0, 0.1) is 0 Å². The predicted octanol–water partition coefficient (Wildman–Crippen LogP) is 0.412. The normalized spacial score (nSPS) is 21.6. The number of likely N-dealkylation sites (tertiary alicyclic amines) is 1. The third kappa shape index (κ3) is 2.77. The van der Waals surface area contributed by atoms with Gasteiger partial charge in [0.25, 0.3) is 0 Å². The second kappa shape index (κ2) is 5.62. The van der Waals surface area contributed by atoms with Crippen LogP contribution in [0.3, 0.4) is 0 Å². The lowest BCUT2D eigenvalue weighted by Crippen LogP contribution is -2.48. The summed E-state index contributed by atoms with van der Waals surface area (Å²) >= 11 is 0. The number of hydrogen-bond acceptors (Lipinski definition) is 4. The summed E-state index contributed by atoms with van der Waals surface area (Å²) in [5, 5.41) is 13.6. The van der Waals surface area contributed by atoms with Gasteiger partial charge in [-0.15, -0.1) is 5.10 Å². The number of pyridine rings is 1. The molecule has 1 N–H and O–H groups in total. The third-order valence-electron chi connectivity index (χ3n) is 4.15. The van der Waals surface area contributed by atoms with Crippen molar-refractivity contribution in [2.75, 3.05) is 13.1 Å². The minimum absolute atomic E-state index is 0.0414. The van der Waals surface area contributed by atoms with Gasteiger partial charge in [-0.05, 0) is 12.1 Å². The summed E-state index contributed by atoms with van der Waals surface area (Å²) in [6, 6.07) is 5.00. The molecule has 1 atom stereocenters. The first-order chi connectivity index (χ1) is 11.2. The maximum atomic E-state index is 12.8. The predicted molar refractivity (Wildman–Crippen MR) is 76.3 cm³/mol. The topological polar surface area (TPSA) is 79.8 Å². The van der Waals surface area contributed by atoms with Crippen molar-refractivity contribution in [3.63, 3.8) is 0 Å².